The van der Waals surface area contributed by atoms with Crippen molar-refractivity contribution < 1.29 is 23.9 Å². The molecule has 0 aliphatic heterocycles. The van der Waals surface area contributed by atoms with Gasteiger partial charge in [0.15, 0.2) is 12.2 Å². The van der Waals surface area contributed by atoms with Crippen LogP contribution >= 0.6 is 11.3 Å². The van der Waals surface area contributed by atoms with Crippen LogP contribution in [0.1, 0.15) is 50.5 Å². The van der Waals surface area contributed by atoms with E-state index in [-0.39, 0.29) is 11.0 Å². The van der Waals surface area contributed by atoms with Crippen LogP contribution in [0.25, 0.3) is 0 Å². The van der Waals surface area contributed by atoms with Gasteiger partial charge in [0.2, 0.25) is 0 Å². The zero-order valence-electron chi connectivity index (χ0n) is 17.1. The molecule has 3 N–H and O–H groups in total. The molecule has 2 amide bonds. The summed E-state index contributed by atoms with van der Waals surface area (Å²) in [5, 5.41) is 4.49. The first-order valence-electron chi connectivity index (χ1n) is 9.15. The van der Waals surface area contributed by atoms with Crippen molar-refractivity contribution in [1.29, 1.82) is 0 Å². The molecule has 0 unspecified atom stereocenters. The molecular weight excluding hydrogens is 392 g/mol. The molecule has 0 bridgehead atoms. The van der Waals surface area contributed by atoms with Gasteiger partial charge in [0, 0.05) is 0 Å². The summed E-state index contributed by atoms with van der Waals surface area (Å²) >= 11 is 1.16. The number of primary amides is 1. The van der Waals surface area contributed by atoms with Crippen LogP contribution in [0.3, 0.4) is 0 Å². The number of rotatable bonds is 7. The van der Waals surface area contributed by atoms with Crippen LogP contribution in [0.4, 0.5) is 5.00 Å². The van der Waals surface area contributed by atoms with E-state index in [0.717, 1.165) is 16.9 Å². The molecule has 2 rings (SSSR count). The third kappa shape index (κ3) is 6.05. The summed E-state index contributed by atoms with van der Waals surface area (Å²) in [4.78, 5) is 35.9. The maximum Gasteiger partial charge on any atom is 0.347 e. The van der Waals surface area contributed by atoms with Crippen LogP contribution in [-0.2, 0) is 19.7 Å². The third-order valence-corrected chi connectivity index (χ3v) is 5.02. The topological polar surface area (TPSA) is 108 Å². The van der Waals surface area contributed by atoms with Gasteiger partial charge in [0.25, 0.3) is 11.8 Å². The predicted octanol–water partition coefficient (Wildman–Crippen LogP) is 3.48. The van der Waals surface area contributed by atoms with Gasteiger partial charge in [-0.15, -0.1) is 11.3 Å². The van der Waals surface area contributed by atoms with Gasteiger partial charge in [-0.25, -0.2) is 4.79 Å². The van der Waals surface area contributed by atoms with Crippen molar-refractivity contribution in [2.45, 2.75) is 52.2 Å². The van der Waals surface area contributed by atoms with Gasteiger partial charge in [-0.05, 0) is 48.4 Å². The smallest absolute Gasteiger partial charge is 0.347 e. The van der Waals surface area contributed by atoms with Gasteiger partial charge in [0.05, 0.1) is 5.56 Å². The highest BCUT2D eigenvalue weighted by atomic mass is 32.1. The van der Waals surface area contributed by atoms with Crippen molar-refractivity contribution in [1.82, 2.24) is 0 Å². The van der Waals surface area contributed by atoms with Crippen molar-refractivity contribution >= 4 is 34.1 Å². The summed E-state index contributed by atoms with van der Waals surface area (Å²) in [6.45, 7) is 9.32. The predicted molar refractivity (Wildman–Crippen MR) is 112 cm³/mol. The van der Waals surface area contributed by atoms with Crippen molar-refractivity contribution in [2.75, 3.05) is 5.32 Å². The molecule has 2 atom stereocenters. The van der Waals surface area contributed by atoms with Gasteiger partial charge in [0.1, 0.15) is 10.8 Å². The number of carbonyl (C=O) groups excluding carboxylic acids is 3. The number of benzene rings is 1. The number of esters is 1. The fourth-order valence-corrected chi connectivity index (χ4v) is 3.22. The Balaban J connectivity index is 1.92. The lowest BCUT2D eigenvalue weighted by Crippen LogP contribution is -2.35. The lowest BCUT2D eigenvalue weighted by molar-refractivity contribution is -0.159. The maximum absolute atomic E-state index is 12.3. The first kappa shape index (κ1) is 22.4. The first-order chi connectivity index (χ1) is 13.5. The summed E-state index contributed by atoms with van der Waals surface area (Å²) in [7, 11) is 0. The molecule has 1 heterocycles. The zero-order valence-corrected chi connectivity index (χ0v) is 18.0. The molecular formula is C21H26N2O5S. The molecule has 0 fully saturated rings. The van der Waals surface area contributed by atoms with Crippen molar-refractivity contribution in [3.63, 3.8) is 0 Å². The average Bonchev–Trinajstić information content (AvgIpc) is 3.09. The molecule has 0 aliphatic carbocycles. The standard InChI is InChI=1S/C21H26N2O5S/c1-12(18(25)23-19-16(17(22)24)10-11-29-19)28-20(26)13(2)27-15-8-6-14(7-9-15)21(3,4)5/h6-13H,1-5H3,(H2,22,24)(H,23,25)/t12-,13-/m1/s1. The molecule has 29 heavy (non-hydrogen) atoms. The average molecular weight is 419 g/mol. The molecule has 156 valence electrons. The van der Waals surface area contributed by atoms with Crippen LogP contribution in [0.15, 0.2) is 35.7 Å². The van der Waals surface area contributed by atoms with E-state index in [1.54, 1.807) is 24.4 Å². The highest BCUT2D eigenvalue weighted by Gasteiger charge is 2.24. The number of hydrogen-bond donors (Lipinski definition) is 2. The van der Waals surface area contributed by atoms with Gasteiger partial charge in [-0.1, -0.05) is 32.9 Å². The Kier molecular flexibility index (Phi) is 7.02. The maximum atomic E-state index is 12.3. The number of ether oxygens (including phenoxy) is 2. The molecule has 0 radical (unpaired) electrons. The highest BCUT2D eigenvalue weighted by molar-refractivity contribution is 7.14. The summed E-state index contributed by atoms with van der Waals surface area (Å²) in [6.07, 6.45) is -1.96. The van der Waals surface area contributed by atoms with E-state index >= 15 is 0 Å². The Morgan fingerprint density at radius 1 is 1.03 bits per heavy atom. The second kappa shape index (κ2) is 9.09. The molecule has 1 aromatic heterocycles. The summed E-state index contributed by atoms with van der Waals surface area (Å²) in [6, 6.07) is 8.99. The fraction of sp³-hybridized carbons (Fsp3) is 0.381. The van der Waals surface area contributed by atoms with Gasteiger partial charge in [-0.2, -0.15) is 0 Å². The number of anilines is 1. The van der Waals surface area contributed by atoms with E-state index in [4.69, 9.17) is 15.2 Å². The van der Waals surface area contributed by atoms with Crippen molar-refractivity contribution in [3.8, 4) is 5.75 Å². The van der Waals surface area contributed by atoms with Crippen LogP contribution < -0.4 is 15.8 Å². The summed E-state index contributed by atoms with van der Waals surface area (Å²) in [5.74, 6) is -1.35. The van der Waals surface area contributed by atoms with Crippen LogP contribution in [-0.4, -0.2) is 30.0 Å². The summed E-state index contributed by atoms with van der Waals surface area (Å²) in [5.41, 5.74) is 6.62. The first-order valence-corrected chi connectivity index (χ1v) is 10.0. The van der Waals surface area contributed by atoms with Gasteiger partial charge in [-0.3, -0.25) is 9.59 Å². The monoisotopic (exact) mass is 418 g/mol. The number of nitrogens with two attached hydrogens (primary N) is 1. The van der Waals surface area contributed by atoms with Crippen LogP contribution in [0.2, 0.25) is 0 Å². The molecule has 0 saturated heterocycles. The second-order valence-electron chi connectivity index (χ2n) is 7.63. The number of amides is 2. The second-order valence-corrected chi connectivity index (χ2v) is 8.55. The molecule has 8 heteroatoms. The Morgan fingerprint density at radius 2 is 1.66 bits per heavy atom. The molecule has 2 aromatic rings. The minimum atomic E-state index is -1.07. The van der Waals surface area contributed by atoms with E-state index in [1.165, 1.54) is 13.0 Å². The van der Waals surface area contributed by atoms with E-state index in [1.807, 2.05) is 12.1 Å². The highest BCUT2D eigenvalue weighted by Crippen LogP contribution is 2.25. The van der Waals surface area contributed by atoms with E-state index < -0.39 is 30.0 Å². The molecule has 1 aromatic carbocycles. The van der Waals surface area contributed by atoms with Crippen LogP contribution in [0.5, 0.6) is 5.75 Å². The Bertz CT molecular complexity index is 883. The minimum absolute atomic E-state index is 0.0167. The van der Waals surface area contributed by atoms with Gasteiger partial charge >= 0.3 is 5.97 Å². The number of nitrogens with one attached hydrogen (secondary N) is 1. The molecule has 0 saturated carbocycles. The Hall–Kier alpha value is -2.87. The van der Waals surface area contributed by atoms with E-state index in [0.29, 0.717) is 10.8 Å². The number of hydrogen-bond acceptors (Lipinski definition) is 6. The third-order valence-electron chi connectivity index (χ3n) is 4.19. The van der Waals surface area contributed by atoms with Crippen LogP contribution in [0, 0.1) is 0 Å². The largest absolute Gasteiger partial charge is 0.479 e. The minimum Gasteiger partial charge on any atom is -0.479 e. The zero-order chi connectivity index (χ0) is 21.8. The Morgan fingerprint density at radius 3 is 2.21 bits per heavy atom. The van der Waals surface area contributed by atoms with Crippen molar-refractivity contribution in [2.24, 2.45) is 5.73 Å². The summed E-state index contributed by atoms with van der Waals surface area (Å²) < 4.78 is 10.8. The fourth-order valence-electron chi connectivity index (χ4n) is 2.42. The number of thiophene rings is 1. The quantitative estimate of drug-likeness (QED) is 0.669. The van der Waals surface area contributed by atoms with E-state index in [9.17, 15) is 14.4 Å². The number of carbonyl (C=O) groups is 3. The molecule has 7 nitrogen and oxygen atoms in total. The Labute approximate surface area is 174 Å². The lowest BCUT2D eigenvalue weighted by Gasteiger charge is -2.20. The van der Waals surface area contributed by atoms with Gasteiger partial charge < -0.3 is 20.5 Å². The lowest BCUT2D eigenvalue weighted by atomic mass is 9.87. The molecule has 0 spiro atoms. The normalized spacial score (nSPS) is 13.3. The van der Waals surface area contributed by atoms with E-state index in [2.05, 4.69) is 26.1 Å². The molecule has 0 aliphatic rings. The SMILES string of the molecule is C[C@@H](OC(=O)[C@@H](C)Oc1ccc(C(C)(C)C)cc1)C(=O)Nc1sccc1C(N)=O. The van der Waals surface area contributed by atoms with Crippen molar-refractivity contribution in [3.05, 3.63) is 46.8 Å².